The van der Waals surface area contributed by atoms with E-state index in [2.05, 4.69) is 76.3 Å². The summed E-state index contributed by atoms with van der Waals surface area (Å²) < 4.78 is 7.48. The van der Waals surface area contributed by atoms with Crippen molar-refractivity contribution in [3.05, 3.63) is 76.1 Å². The molecule has 2 aromatic heterocycles. The molecule has 1 atom stereocenters. The molecule has 51 heavy (non-hydrogen) atoms. The number of aromatic nitrogens is 3. The van der Waals surface area contributed by atoms with Crippen LogP contribution >= 0.6 is 11.6 Å². The van der Waals surface area contributed by atoms with Gasteiger partial charge in [0.05, 0.1) is 17.3 Å². The van der Waals surface area contributed by atoms with Gasteiger partial charge in [-0.1, -0.05) is 42.8 Å². The number of hydrogen-bond donors (Lipinski definition) is 4. The van der Waals surface area contributed by atoms with E-state index in [4.69, 9.17) is 21.3 Å². The van der Waals surface area contributed by atoms with E-state index in [0.29, 0.717) is 30.6 Å². The predicted octanol–water partition coefficient (Wildman–Crippen LogP) is 5.43. The number of carbonyl (C=O) groups is 2. The first-order valence-electron chi connectivity index (χ1n) is 18.4. The topological polar surface area (TPSA) is 125 Å². The lowest BCUT2D eigenvalue weighted by Gasteiger charge is -2.34. The summed E-state index contributed by atoms with van der Waals surface area (Å²) in [4.78, 5) is 33.3. The van der Waals surface area contributed by atoms with E-state index >= 15 is 0 Å². The smallest absolute Gasteiger partial charge is 0.220 e. The van der Waals surface area contributed by atoms with Crippen LogP contribution in [0.2, 0.25) is 5.02 Å². The molecule has 6 rings (SSSR count). The van der Waals surface area contributed by atoms with Crippen LogP contribution < -0.4 is 21.3 Å². The first-order valence-corrected chi connectivity index (χ1v) is 18.8. The first-order chi connectivity index (χ1) is 24.8. The van der Waals surface area contributed by atoms with E-state index in [0.717, 1.165) is 103 Å². The highest BCUT2D eigenvalue weighted by atomic mass is 35.5. The molecule has 4 aromatic rings. The van der Waals surface area contributed by atoms with E-state index in [1.54, 1.807) is 0 Å². The number of benzene rings is 2. The van der Waals surface area contributed by atoms with Crippen LogP contribution in [-0.2, 0) is 46.9 Å². The van der Waals surface area contributed by atoms with Gasteiger partial charge >= 0.3 is 0 Å². The summed E-state index contributed by atoms with van der Waals surface area (Å²) in [6.07, 6.45) is 4.58. The summed E-state index contributed by atoms with van der Waals surface area (Å²) in [5.41, 5.74) is 7.89. The Hall–Kier alpha value is -4.03. The van der Waals surface area contributed by atoms with E-state index in [1.807, 2.05) is 29.1 Å². The van der Waals surface area contributed by atoms with Crippen molar-refractivity contribution in [2.24, 2.45) is 0 Å². The van der Waals surface area contributed by atoms with Crippen LogP contribution in [0.5, 0.6) is 0 Å². The number of anilines is 1. The van der Waals surface area contributed by atoms with Crippen molar-refractivity contribution in [3.63, 3.8) is 0 Å². The van der Waals surface area contributed by atoms with Crippen LogP contribution in [0.25, 0.3) is 22.2 Å². The second kappa shape index (κ2) is 17.5. The minimum atomic E-state index is -0.183. The molecule has 4 heterocycles. The molecule has 12 heteroatoms. The van der Waals surface area contributed by atoms with Gasteiger partial charge in [0, 0.05) is 106 Å². The highest BCUT2D eigenvalue weighted by Crippen LogP contribution is 2.32. The third kappa shape index (κ3) is 9.26. The van der Waals surface area contributed by atoms with Gasteiger partial charge in [-0.15, -0.1) is 0 Å². The number of carbonyl (C=O) groups excluding carboxylic acids is 2. The third-order valence-electron chi connectivity index (χ3n) is 10.0. The SMILES string of the molecule is CCc1nc2c(cnn2CC)c(NC2CCOCC2)c1CNC(=O)CCC(=O)NCc1ccc(Cl)c(-c2cccc(CN3CCNC[C@@H]3C)c2)c1. The minimum absolute atomic E-state index is 0.0871. The van der Waals surface area contributed by atoms with Crippen LogP contribution in [-0.4, -0.2) is 76.4 Å². The summed E-state index contributed by atoms with van der Waals surface area (Å²) in [6, 6.07) is 15.1. The summed E-state index contributed by atoms with van der Waals surface area (Å²) in [6.45, 7) is 13.1. The lowest BCUT2D eigenvalue weighted by atomic mass is 10.00. The zero-order valence-corrected chi connectivity index (χ0v) is 30.8. The van der Waals surface area contributed by atoms with Gasteiger partial charge in [-0.05, 0) is 68.0 Å². The Kier molecular flexibility index (Phi) is 12.6. The Labute approximate surface area is 305 Å². The third-order valence-corrected chi connectivity index (χ3v) is 10.3. The van der Waals surface area contributed by atoms with Crippen molar-refractivity contribution in [1.82, 2.24) is 35.6 Å². The van der Waals surface area contributed by atoms with E-state index in [1.165, 1.54) is 5.56 Å². The predicted molar refractivity (Wildman–Crippen MR) is 203 cm³/mol. The number of amides is 2. The Morgan fingerprint density at radius 3 is 2.55 bits per heavy atom. The number of ether oxygens (including phenoxy) is 1. The zero-order valence-electron chi connectivity index (χ0n) is 30.1. The fourth-order valence-electron chi connectivity index (χ4n) is 6.99. The van der Waals surface area contributed by atoms with Crippen LogP contribution in [0.15, 0.2) is 48.7 Å². The quantitative estimate of drug-likeness (QED) is 0.136. The number of rotatable bonds is 14. The largest absolute Gasteiger partial charge is 0.381 e. The Morgan fingerprint density at radius 1 is 1.02 bits per heavy atom. The molecule has 0 spiro atoms. The molecule has 0 bridgehead atoms. The fraction of sp³-hybridized carbons (Fsp3) is 0.487. The fourth-order valence-corrected chi connectivity index (χ4v) is 7.21. The number of nitrogens with zero attached hydrogens (tertiary/aromatic N) is 4. The number of piperazine rings is 1. The summed E-state index contributed by atoms with van der Waals surface area (Å²) in [5.74, 6) is -0.364. The molecular formula is C39H51ClN8O3. The second-order valence-corrected chi connectivity index (χ2v) is 14.0. The lowest BCUT2D eigenvalue weighted by Crippen LogP contribution is -2.49. The standard InChI is InChI=1S/C39H51ClN8O3/c1-4-35-32(38(45-30-13-17-51-18-14-30)33-24-44-48(5-2)39(33)46-35)23-43-37(50)12-11-36(49)42-22-27-9-10-34(40)31(20-27)29-8-6-7-28(19-29)25-47-16-15-41-21-26(47)3/h6-10,19-20,24,26,30,41H,4-5,11-18,21-23,25H2,1-3H3,(H,42,49)(H,43,50)(H,45,46)/t26-/m0/s1. The highest BCUT2D eigenvalue weighted by molar-refractivity contribution is 6.33. The Bertz CT molecular complexity index is 1820. The van der Waals surface area contributed by atoms with Gasteiger partial charge in [0.2, 0.25) is 11.8 Å². The molecule has 0 aliphatic carbocycles. The Balaban J connectivity index is 1.04. The van der Waals surface area contributed by atoms with Crippen LogP contribution in [0.4, 0.5) is 5.69 Å². The van der Waals surface area contributed by atoms with Gasteiger partial charge < -0.3 is 26.0 Å². The molecule has 2 amide bonds. The average Bonchev–Trinajstić information content (AvgIpc) is 3.57. The number of aryl methyl sites for hydroxylation is 2. The van der Waals surface area contributed by atoms with Gasteiger partial charge in [0.15, 0.2) is 5.65 Å². The number of pyridine rings is 1. The molecular weight excluding hydrogens is 664 g/mol. The molecule has 0 radical (unpaired) electrons. The normalized spacial score (nSPS) is 17.1. The molecule has 2 aromatic carbocycles. The minimum Gasteiger partial charge on any atom is -0.381 e. The van der Waals surface area contributed by atoms with Crippen LogP contribution in [0, 0.1) is 0 Å². The van der Waals surface area contributed by atoms with Crippen molar-refractivity contribution < 1.29 is 14.3 Å². The van der Waals surface area contributed by atoms with Gasteiger partial charge in [-0.2, -0.15) is 5.10 Å². The molecule has 2 aliphatic rings. The maximum Gasteiger partial charge on any atom is 0.220 e. The van der Waals surface area contributed by atoms with Crippen molar-refractivity contribution >= 4 is 40.1 Å². The summed E-state index contributed by atoms with van der Waals surface area (Å²) in [7, 11) is 0. The first kappa shape index (κ1) is 36.8. The number of fused-ring (bicyclic) bond motifs is 1. The maximum atomic E-state index is 13.0. The van der Waals surface area contributed by atoms with E-state index in [-0.39, 0.29) is 30.7 Å². The second-order valence-electron chi connectivity index (χ2n) is 13.6. The molecule has 0 unspecified atom stereocenters. The highest BCUT2D eigenvalue weighted by Gasteiger charge is 2.22. The molecule has 2 aliphatic heterocycles. The summed E-state index contributed by atoms with van der Waals surface area (Å²) >= 11 is 6.67. The molecule has 2 fully saturated rings. The van der Waals surface area contributed by atoms with Crippen molar-refractivity contribution in [3.8, 4) is 11.1 Å². The molecule has 0 saturated carbocycles. The monoisotopic (exact) mass is 714 g/mol. The summed E-state index contributed by atoms with van der Waals surface area (Å²) in [5, 5.41) is 19.4. The van der Waals surface area contributed by atoms with E-state index < -0.39 is 0 Å². The number of nitrogens with one attached hydrogen (secondary N) is 4. The van der Waals surface area contributed by atoms with Gasteiger partial charge in [0.1, 0.15) is 0 Å². The van der Waals surface area contributed by atoms with E-state index in [9.17, 15) is 9.59 Å². The Morgan fingerprint density at radius 2 is 1.80 bits per heavy atom. The van der Waals surface area contributed by atoms with Crippen LogP contribution in [0.1, 0.15) is 68.8 Å². The lowest BCUT2D eigenvalue weighted by molar-refractivity contribution is -0.126. The van der Waals surface area contributed by atoms with Crippen molar-refractivity contribution in [2.75, 3.05) is 38.2 Å². The van der Waals surface area contributed by atoms with Crippen LogP contribution in [0.3, 0.4) is 0 Å². The van der Waals surface area contributed by atoms with Gasteiger partial charge in [0.25, 0.3) is 0 Å². The molecule has 4 N–H and O–H groups in total. The molecule has 11 nitrogen and oxygen atoms in total. The molecule has 2 saturated heterocycles. The molecule has 272 valence electrons. The average molecular weight is 715 g/mol. The van der Waals surface area contributed by atoms with Gasteiger partial charge in [-0.3, -0.25) is 14.5 Å². The van der Waals surface area contributed by atoms with Gasteiger partial charge in [-0.25, -0.2) is 9.67 Å². The maximum absolute atomic E-state index is 13.0. The van der Waals surface area contributed by atoms with Crippen molar-refractivity contribution in [1.29, 1.82) is 0 Å². The van der Waals surface area contributed by atoms with Crippen molar-refractivity contribution in [2.45, 2.75) is 91.1 Å². The number of hydrogen-bond acceptors (Lipinski definition) is 8. The number of halogens is 1. The zero-order chi connectivity index (χ0) is 35.7.